The minimum atomic E-state index is -3.54. The second-order valence-electron chi connectivity index (χ2n) is 8.98. The average Bonchev–Trinajstić information content (AvgIpc) is 3.35. The Labute approximate surface area is 171 Å². The highest BCUT2D eigenvalue weighted by Crippen LogP contribution is 2.34. The molecule has 0 unspecified atom stereocenters. The van der Waals surface area contributed by atoms with Crippen LogP contribution in [0.3, 0.4) is 0 Å². The molecule has 0 spiro atoms. The van der Waals surface area contributed by atoms with E-state index >= 15 is 0 Å². The number of carbonyl (C=O) groups excluding carboxylic acids is 3. The van der Waals surface area contributed by atoms with Crippen LogP contribution in [0.1, 0.15) is 52.9 Å². The molecule has 0 radical (unpaired) electrons. The van der Waals surface area contributed by atoms with E-state index in [9.17, 15) is 22.8 Å². The number of alkyl carbamates (subject to hydrolysis) is 1. The van der Waals surface area contributed by atoms with Crippen LogP contribution in [0, 0.1) is 0 Å². The van der Waals surface area contributed by atoms with Crippen molar-refractivity contribution in [3.63, 3.8) is 0 Å². The Balaban J connectivity index is 1.87. The van der Waals surface area contributed by atoms with E-state index in [0.29, 0.717) is 32.1 Å². The van der Waals surface area contributed by atoms with Crippen molar-refractivity contribution >= 4 is 27.9 Å². The van der Waals surface area contributed by atoms with Gasteiger partial charge in [-0.25, -0.2) is 13.2 Å². The molecule has 29 heavy (non-hydrogen) atoms. The average molecular weight is 431 g/mol. The second-order valence-corrected chi connectivity index (χ2v) is 11.2. The van der Waals surface area contributed by atoms with E-state index in [4.69, 9.17) is 10.5 Å². The molecule has 3 atom stereocenters. The molecule has 10 nitrogen and oxygen atoms in total. The summed E-state index contributed by atoms with van der Waals surface area (Å²) in [6.07, 6.45) is 1.83. The third kappa shape index (κ3) is 4.82. The van der Waals surface area contributed by atoms with E-state index < -0.39 is 50.9 Å². The Morgan fingerprint density at radius 3 is 2.34 bits per heavy atom. The Bertz CT molecular complexity index is 789. The summed E-state index contributed by atoms with van der Waals surface area (Å²) in [5.41, 5.74) is 4.70. The molecular weight excluding hydrogens is 400 g/mol. The number of carbonyl (C=O) groups is 3. The van der Waals surface area contributed by atoms with Crippen LogP contribution >= 0.6 is 0 Å². The van der Waals surface area contributed by atoms with E-state index in [-0.39, 0.29) is 19.1 Å². The first-order chi connectivity index (χ1) is 13.4. The quantitative estimate of drug-likeness (QED) is 0.640. The fourth-order valence-corrected chi connectivity index (χ4v) is 5.86. The molecule has 2 aliphatic heterocycles. The summed E-state index contributed by atoms with van der Waals surface area (Å²) in [5.74, 6) is -1.10. The molecule has 1 aliphatic carbocycles. The van der Waals surface area contributed by atoms with Crippen LogP contribution in [0.25, 0.3) is 0 Å². The molecular formula is C18H30N4O6S. The summed E-state index contributed by atoms with van der Waals surface area (Å²) in [4.78, 5) is 38.9. The molecule has 0 aromatic carbocycles. The van der Waals surface area contributed by atoms with Crippen LogP contribution in [0.5, 0.6) is 0 Å². The summed E-state index contributed by atoms with van der Waals surface area (Å²) in [6.45, 7) is 5.11. The molecule has 0 aromatic rings. The first-order valence-corrected chi connectivity index (χ1v) is 11.5. The standard InChI is InChI=1S/C18H30N4O6S/c1-18(2,3)28-17(25)20-13-10-21(29(26,27)12-5-6-12)9-8-11-4-7-14(15(19)23)22(11)16(13)24/h11-14H,4-10H2,1-3H3,(H2,19,23)(H,20,25)/t11-,13+,14+/m1/s1. The number of primary amides is 1. The van der Waals surface area contributed by atoms with Gasteiger partial charge >= 0.3 is 6.09 Å². The van der Waals surface area contributed by atoms with Crippen molar-refractivity contribution in [2.45, 2.75) is 81.9 Å². The molecule has 3 aliphatic rings. The number of ether oxygens (including phenoxy) is 1. The van der Waals surface area contributed by atoms with Crippen molar-refractivity contribution in [3.8, 4) is 0 Å². The summed E-state index contributed by atoms with van der Waals surface area (Å²) >= 11 is 0. The molecule has 2 saturated heterocycles. The van der Waals surface area contributed by atoms with Crippen molar-refractivity contribution in [2.75, 3.05) is 13.1 Å². The lowest BCUT2D eigenvalue weighted by atomic mass is 10.1. The molecule has 3 amide bonds. The summed E-state index contributed by atoms with van der Waals surface area (Å²) in [6, 6.07) is -2.19. The third-order valence-electron chi connectivity index (χ3n) is 5.48. The fraction of sp³-hybridized carbons (Fsp3) is 0.833. The maximum atomic E-state index is 13.3. The van der Waals surface area contributed by atoms with Crippen LogP contribution in [0.4, 0.5) is 4.79 Å². The summed E-state index contributed by atoms with van der Waals surface area (Å²) < 4.78 is 32.2. The molecule has 3 rings (SSSR count). The van der Waals surface area contributed by atoms with Crippen LogP contribution < -0.4 is 11.1 Å². The number of hydrogen-bond donors (Lipinski definition) is 2. The zero-order valence-electron chi connectivity index (χ0n) is 17.1. The zero-order chi connectivity index (χ0) is 21.6. The van der Waals surface area contributed by atoms with Crippen LogP contribution in [-0.4, -0.2) is 77.6 Å². The number of nitrogens with zero attached hydrogens (tertiary/aromatic N) is 2. The lowest BCUT2D eigenvalue weighted by Crippen LogP contribution is -2.61. The second kappa shape index (κ2) is 7.75. The number of sulfonamides is 1. The highest BCUT2D eigenvalue weighted by atomic mass is 32.2. The van der Waals surface area contributed by atoms with E-state index in [1.54, 1.807) is 20.8 Å². The van der Waals surface area contributed by atoms with Crippen LogP contribution in [0.2, 0.25) is 0 Å². The maximum absolute atomic E-state index is 13.3. The topological polar surface area (TPSA) is 139 Å². The van der Waals surface area contributed by atoms with Crippen LogP contribution in [-0.2, 0) is 24.3 Å². The number of nitrogens with two attached hydrogens (primary N) is 1. The van der Waals surface area contributed by atoms with Crippen LogP contribution in [0.15, 0.2) is 0 Å². The van der Waals surface area contributed by atoms with Gasteiger partial charge in [0.25, 0.3) is 0 Å². The zero-order valence-corrected chi connectivity index (χ0v) is 17.9. The molecule has 3 N–H and O–H groups in total. The van der Waals surface area contributed by atoms with Gasteiger partial charge < -0.3 is 20.7 Å². The Morgan fingerprint density at radius 2 is 1.79 bits per heavy atom. The molecule has 164 valence electrons. The van der Waals surface area contributed by atoms with Gasteiger partial charge in [0.15, 0.2) is 0 Å². The van der Waals surface area contributed by atoms with E-state index in [2.05, 4.69) is 5.32 Å². The Morgan fingerprint density at radius 1 is 1.14 bits per heavy atom. The van der Waals surface area contributed by atoms with Crippen molar-refractivity contribution in [1.29, 1.82) is 0 Å². The minimum absolute atomic E-state index is 0.189. The molecule has 0 bridgehead atoms. The van der Waals surface area contributed by atoms with Gasteiger partial charge in [0.1, 0.15) is 17.7 Å². The van der Waals surface area contributed by atoms with Crippen molar-refractivity contribution in [1.82, 2.24) is 14.5 Å². The van der Waals surface area contributed by atoms with Gasteiger partial charge in [0.05, 0.1) is 5.25 Å². The largest absolute Gasteiger partial charge is 0.444 e. The predicted octanol–water partition coefficient (Wildman–Crippen LogP) is -0.0775. The lowest BCUT2D eigenvalue weighted by molar-refractivity contribution is -0.142. The number of nitrogens with one attached hydrogen (secondary N) is 1. The van der Waals surface area contributed by atoms with Gasteiger partial charge in [-0.1, -0.05) is 0 Å². The van der Waals surface area contributed by atoms with Crippen molar-refractivity contribution in [3.05, 3.63) is 0 Å². The molecule has 2 heterocycles. The Kier molecular flexibility index (Phi) is 5.83. The SMILES string of the molecule is CC(C)(C)OC(=O)N[C@H]1CN(S(=O)(=O)C2CC2)CC[C@H]2CC[C@@H](C(N)=O)N2C1=O. The molecule has 1 saturated carbocycles. The number of fused-ring (bicyclic) bond motifs is 1. The van der Waals surface area contributed by atoms with Gasteiger partial charge in [-0.15, -0.1) is 0 Å². The van der Waals surface area contributed by atoms with Crippen molar-refractivity contribution < 1.29 is 27.5 Å². The summed E-state index contributed by atoms with van der Waals surface area (Å²) in [5, 5.41) is 2.10. The van der Waals surface area contributed by atoms with Gasteiger partial charge in [-0.2, -0.15) is 4.31 Å². The van der Waals surface area contributed by atoms with E-state index in [0.717, 1.165) is 0 Å². The number of amides is 3. The first kappa shape index (κ1) is 21.8. The Hall–Kier alpha value is -1.88. The van der Waals surface area contributed by atoms with Gasteiger partial charge in [-0.05, 0) is 52.9 Å². The smallest absolute Gasteiger partial charge is 0.408 e. The van der Waals surface area contributed by atoms with Gasteiger partial charge in [-0.3, -0.25) is 9.59 Å². The van der Waals surface area contributed by atoms with Crippen molar-refractivity contribution in [2.24, 2.45) is 5.73 Å². The molecule has 11 heteroatoms. The molecule has 3 fully saturated rings. The van der Waals surface area contributed by atoms with Gasteiger partial charge in [0.2, 0.25) is 21.8 Å². The van der Waals surface area contributed by atoms with E-state index in [1.807, 2.05) is 0 Å². The maximum Gasteiger partial charge on any atom is 0.408 e. The lowest BCUT2D eigenvalue weighted by Gasteiger charge is -2.38. The minimum Gasteiger partial charge on any atom is -0.444 e. The number of rotatable bonds is 4. The monoisotopic (exact) mass is 430 g/mol. The molecule has 0 aromatic heterocycles. The predicted molar refractivity (Wildman–Crippen MR) is 104 cm³/mol. The highest BCUT2D eigenvalue weighted by Gasteiger charge is 2.48. The van der Waals surface area contributed by atoms with E-state index in [1.165, 1.54) is 9.21 Å². The third-order valence-corrected chi connectivity index (χ3v) is 7.84. The first-order valence-electron chi connectivity index (χ1n) is 10.00. The number of hydrogen-bond acceptors (Lipinski definition) is 6. The normalized spacial score (nSPS) is 29.0. The fourth-order valence-electron chi connectivity index (χ4n) is 3.99. The highest BCUT2D eigenvalue weighted by molar-refractivity contribution is 7.90. The summed E-state index contributed by atoms with van der Waals surface area (Å²) in [7, 11) is -3.54. The van der Waals surface area contributed by atoms with Gasteiger partial charge in [0, 0.05) is 19.1 Å².